The fraction of sp³-hybridized carbons (Fsp3) is 0.190. The minimum absolute atomic E-state index is 0.0260. The number of nitrogens with zero attached hydrogens (tertiary/aromatic N) is 4. The standard InChI is InChI=1S/C21H14F4N4O2/c22-16-6-12-5-13(15(12)7-17(16)23)10-30-19-9-26-8-18-27-28-20(29(18)19)11-1-3-14(4-2-11)31-21(24)25/h1-4,6-9,13,21H,5,10H2. The lowest BCUT2D eigenvalue weighted by atomic mass is 9.78. The Bertz CT molecular complexity index is 1260. The second-order valence-corrected chi connectivity index (χ2v) is 7.04. The second-order valence-electron chi connectivity index (χ2n) is 7.04. The molecule has 0 spiro atoms. The van der Waals surface area contributed by atoms with E-state index in [4.69, 9.17) is 4.74 Å². The molecule has 10 heteroatoms. The quantitative estimate of drug-likeness (QED) is 0.425. The van der Waals surface area contributed by atoms with Crippen LogP contribution in [0.4, 0.5) is 17.6 Å². The number of aromatic nitrogens is 4. The van der Waals surface area contributed by atoms with E-state index < -0.39 is 18.2 Å². The average Bonchev–Trinajstić information content (AvgIpc) is 3.18. The van der Waals surface area contributed by atoms with E-state index in [0.717, 1.165) is 11.1 Å². The van der Waals surface area contributed by atoms with E-state index >= 15 is 0 Å². The van der Waals surface area contributed by atoms with Crippen LogP contribution in [0.5, 0.6) is 11.6 Å². The summed E-state index contributed by atoms with van der Waals surface area (Å²) < 4.78 is 63.5. The molecule has 6 nitrogen and oxygen atoms in total. The van der Waals surface area contributed by atoms with Crippen molar-refractivity contribution in [3.8, 4) is 23.0 Å². The smallest absolute Gasteiger partial charge is 0.387 e. The second kappa shape index (κ2) is 7.53. The van der Waals surface area contributed by atoms with Crippen molar-refractivity contribution in [2.24, 2.45) is 0 Å². The number of fused-ring (bicyclic) bond motifs is 2. The molecule has 0 saturated carbocycles. The zero-order valence-electron chi connectivity index (χ0n) is 15.8. The van der Waals surface area contributed by atoms with Crippen molar-refractivity contribution in [3.05, 3.63) is 71.6 Å². The van der Waals surface area contributed by atoms with Crippen LogP contribution < -0.4 is 9.47 Å². The molecular weight excluding hydrogens is 416 g/mol. The van der Waals surface area contributed by atoms with E-state index in [1.165, 1.54) is 36.7 Å². The van der Waals surface area contributed by atoms with Gasteiger partial charge in [0, 0.05) is 11.5 Å². The highest BCUT2D eigenvalue weighted by Gasteiger charge is 2.29. The van der Waals surface area contributed by atoms with Crippen molar-refractivity contribution in [2.45, 2.75) is 19.0 Å². The highest BCUT2D eigenvalue weighted by atomic mass is 19.3. The lowest BCUT2D eigenvalue weighted by Gasteiger charge is -2.30. The van der Waals surface area contributed by atoms with E-state index in [-0.39, 0.29) is 18.3 Å². The summed E-state index contributed by atoms with van der Waals surface area (Å²) in [4.78, 5) is 4.10. The van der Waals surface area contributed by atoms with Gasteiger partial charge >= 0.3 is 6.61 Å². The Morgan fingerprint density at radius 3 is 2.58 bits per heavy atom. The summed E-state index contributed by atoms with van der Waals surface area (Å²) in [5.74, 6) is -0.998. The summed E-state index contributed by atoms with van der Waals surface area (Å²) in [5.41, 5.74) is 2.52. The van der Waals surface area contributed by atoms with Crippen LogP contribution >= 0.6 is 0 Å². The summed E-state index contributed by atoms with van der Waals surface area (Å²) in [6.45, 7) is -2.68. The molecule has 0 amide bonds. The Hall–Kier alpha value is -3.69. The molecule has 0 N–H and O–H groups in total. The SMILES string of the molecule is Fc1cc2c(cc1F)C(COc1cncc3nnc(-c4ccc(OC(F)F)cc4)n13)C2. The van der Waals surface area contributed by atoms with Crippen LogP contribution in [0.2, 0.25) is 0 Å². The lowest BCUT2D eigenvalue weighted by molar-refractivity contribution is -0.0498. The molecule has 0 radical (unpaired) electrons. The maximum Gasteiger partial charge on any atom is 0.387 e. The number of ether oxygens (including phenoxy) is 2. The Morgan fingerprint density at radius 1 is 1.03 bits per heavy atom. The van der Waals surface area contributed by atoms with Gasteiger partial charge in [-0.15, -0.1) is 10.2 Å². The van der Waals surface area contributed by atoms with E-state index in [1.54, 1.807) is 16.5 Å². The molecule has 1 aliphatic carbocycles. The average molecular weight is 430 g/mol. The minimum Gasteiger partial charge on any atom is -0.477 e. The molecule has 0 fully saturated rings. The third-order valence-corrected chi connectivity index (χ3v) is 5.14. The Labute approximate surface area is 173 Å². The summed E-state index contributed by atoms with van der Waals surface area (Å²) >= 11 is 0. The van der Waals surface area contributed by atoms with Crippen LogP contribution in [0.25, 0.3) is 17.0 Å². The third-order valence-electron chi connectivity index (χ3n) is 5.14. The molecule has 5 rings (SSSR count). The number of halogens is 4. The van der Waals surface area contributed by atoms with E-state index in [2.05, 4.69) is 19.9 Å². The number of hydrogen-bond acceptors (Lipinski definition) is 5. The summed E-state index contributed by atoms with van der Waals surface area (Å²) in [6, 6.07) is 8.39. The van der Waals surface area contributed by atoms with Gasteiger partial charge in [0.2, 0.25) is 5.88 Å². The van der Waals surface area contributed by atoms with Gasteiger partial charge in [-0.2, -0.15) is 8.78 Å². The van der Waals surface area contributed by atoms with Crippen molar-refractivity contribution >= 4 is 5.65 Å². The van der Waals surface area contributed by atoms with Crippen LogP contribution in [0.15, 0.2) is 48.8 Å². The lowest BCUT2D eigenvalue weighted by Crippen LogP contribution is -2.24. The topological polar surface area (TPSA) is 61.5 Å². The first kappa shape index (κ1) is 19.3. The molecule has 2 aromatic carbocycles. The van der Waals surface area contributed by atoms with Crippen molar-refractivity contribution in [3.63, 3.8) is 0 Å². The highest BCUT2D eigenvalue weighted by Crippen LogP contribution is 2.37. The van der Waals surface area contributed by atoms with Crippen LogP contribution in [0.1, 0.15) is 17.0 Å². The van der Waals surface area contributed by atoms with Crippen molar-refractivity contribution < 1.29 is 27.0 Å². The van der Waals surface area contributed by atoms with E-state index in [0.29, 0.717) is 29.3 Å². The minimum atomic E-state index is -2.91. The monoisotopic (exact) mass is 430 g/mol. The summed E-state index contributed by atoms with van der Waals surface area (Å²) in [7, 11) is 0. The van der Waals surface area contributed by atoms with Crippen molar-refractivity contribution in [1.29, 1.82) is 0 Å². The van der Waals surface area contributed by atoms with Gasteiger partial charge in [-0.25, -0.2) is 13.2 Å². The maximum atomic E-state index is 13.5. The fourth-order valence-corrected chi connectivity index (χ4v) is 3.64. The summed E-state index contributed by atoms with van der Waals surface area (Å²) in [6.07, 6.45) is 3.59. The van der Waals surface area contributed by atoms with Gasteiger partial charge in [0.15, 0.2) is 23.1 Å². The third kappa shape index (κ3) is 3.54. The van der Waals surface area contributed by atoms with Crippen molar-refractivity contribution in [1.82, 2.24) is 19.6 Å². The van der Waals surface area contributed by atoms with E-state index in [9.17, 15) is 17.6 Å². The van der Waals surface area contributed by atoms with Crippen LogP contribution in [0, 0.1) is 11.6 Å². The molecule has 4 aromatic rings. The molecule has 0 bridgehead atoms. The molecule has 2 aromatic heterocycles. The maximum absolute atomic E-state index is 13.5. The molecule has 2 heterocycles. The first-order valence-corrected chi connectivity index (χ1v) is 9.34. The van der Waals surface area contributed by atoms with Gasteiger partial charge in [0.05, 0.1) is 19.0 Å². The van der Waals surface area contributed by atoms with Crippen LogP contribution in [-0.4, -0.2) is 32.8 Å². The van der Waals surface area contributed by atoms with Gasteiger partial charge in [-0.3, -0.25) is 4.98 Å². The predicted molar refractivity (Wildman–Crippen MR) is 101 cm³/mol. The predicted octanol–water partition coefficient (Wildman–Crippen LogP) is 4.39. The van der Waals surface area contributed by atoms with Gasteiger partial charge in [-0.05, 0) is 53.9 Å². The first-order chi connectivity index (χ1) is 15.0. The number of rotatable bonds is 6. The summed E-state index contributed by atoms with van der Waals surface area (Å²) in [5, 5.41) is 8.22. The van der Waals surface area contributed by atoms with Crippen LogP contribution in [0.3, 0.4) is 0 Å². The molecule has 0 aliphatic heterocycles. The Morgan fingerprint density at radius 2 is 1.81 bits per heavy atom. The van der Waals surface area contributed by atoms with E-state index in [1.807, 2.05) is 0 Å². The number of hydrogen-bond donors (Lipinski definition) is 0. The molecule has 31 heavy (non-hydrogen) atoms. The molecule has 1 atom stereocenters. The fourth-order valence-electron chi connectivity index (χ4n) is 3.64. The van der Waals surface area contributed by atoms with Gasteiger partial charge in [-0.1, -0.05) is 0 Å². The highest BCUT2D eigenvalue weighted by molar-refractivity contribution is 5.61. The zero-order chi connectivity index (χ0) is 21.5. The zero-order valence-corrected chi connectivity index (χ0v) is 15.8. The normalized spacial score (nSPS) is 15.1. The molecule has 158 valence electrons. The molecule has 1 unspecified atom stereocenters. The Balaban J connectivity index is 1.40. The van der Waals surface area contributed by atoms with Gasteiger partial charge in [0.25, 0.3) is 0 Å². The Kier molecular flexibility index (Phi) is 4.68. The van der Waals surface area contributed by atoms with Gasteiger partial charge in [0.1, 0.15) is 5.75 Å². The van der Waals surface area contributed by atoms with Gasteiger partial charge < -0.3 is 9.47 Å². The van der Waals surface area contributed by atoms with Crippen LogP contribution in [-0.2, 0) is 6.42 Å². The molecular formula is C21H14F4N4O2. The molecule has 0 saturated heterocycles. The number of alkyl halides is 2. The molecule has 1 aliphatic rings. The largest absolute Gasteiger partial charge is 0.477 e. The van der Waals surface area contributed by atoms with Crippen molar-refractivity contribution in [2.75, 3.05) is 6.61 Å². The first-order valence-electron chi connectivity index (χ1n) is 9.34. The number of benzene rings is 2.